The Kier molecular flexibility index (Phi) is 9.18. The molecular weight excluding hydrogens is 641 g/mol. The number of nitriles is 1. The molecule has 2 aliphatic heterocycles. The van der Waals surface area contributed by atoms with Gasteiger partial charge in [0.1, 0.15) is 35.2 Å². The van der Waals surface area contributed by atoms with Crippen LogP contribution in [0.2, 0.25) is 0 Å². The lowest BCUT2D eigenvalue weighted by Gasteiger charge is -2.49. The number of β-lactam (4-membered cyclic amide) rings is 1. The van der Waals surface area contributed by atoms with Crippen LogP contribution in [0.3, 0.4) is 0 Å². The van der Waals surface area contributed by atoms with E-state index in [9.17, 15) is 24.9 Å². The number of hydrogen-bond acceptors (Lipinski definition) is 12. The molecule has 2 amide bonds. The largest absolute Gasteiger partial charge is 0.489 e. The predicted molar refractivity (Wildman–Crippen MR) is 174 cm³/mol. The zero-order valence-corrected chi connectivity index (χ0v) is 26.1. The number of amides is 2. The van der Waals surface area contributed by atoms with Crippen molar-refractivity contribution in [1.82, 2.24) is 15.2 Å². The number of nitrogen functional groups attached to an aromatic ring is 1. The van der Waals surface area contributed by atoms with Crippen molar-refractivity contribution in [2.45, 2.75) is 17.5 Å². The van der Waals surface area contributed by atoms with E-state index in [0.717, 1.165) is 22.5 Å². The first-order valence-corrected chi connectivity index (χ1v) is 16.2. The van der Waals surface area contributed by atoms with Crippen molar-refractivity contribution in [2.75, 3.05) is 18.1 Å². The molecule has 0 saturated carbocycles. The summed E-state index contributed by atoms with van der Waals surface area (Å²) in [7, 11) is 0. The Labute approximate surface area is 277 Å². The second-order valence-corrected chi connectivity index (χ2v) is 12.4. The third-order valence-corrected chi connectivity index (χ3v) is 9.43. The van der Waals surface area contributed by atoms with Gasteiger partial charge in [0, 0.05) is 16.7 Å². The van der Waals surface area contributed by atoms with Crippen molar-refractivity contribution in [3.05, 3.63) is 124 Å². The lowest BCUT2D eigenvalue weighted by Crippen LogP contribution is -2.71. The molecule has 0 spiro atoms. The number of esters is 1. The molecule has 12 nitrogen and oxygen atoms in total. The number of benzene rings is 3. The standard InChI is InChI=1S/C33H26N6O6S2/c34-15-19-8-7-13-23(14-19)44-16-22-17-46-31-26(37-29(40)25(38-43)24-18-47-33(35)36-24)30(41)39(31)27(22)32(42)45-28(20-9-3-1-4-10-20)21-11-5-2-6-12-21/h1-14,18,26,28,31,43H,16-17H2,(H2,35,36)(H,37,40)/b38-25-/t26?,31-/m1/s1. The molecule has 1 unspecified atom stereocenters. The SMILES string of the molecule is N#Cc1cccc(OCC2=C(C(=O)OC(c3ccccc3)c3ccccc3)N3C(=O)C(NC(=O)/C(=N\O)c4csc(N)n4)[C@H]3SC2)c1. The normalized spacial score (nSPS) is 17.4. The number of carbonyl (C=O) groups is 3. The molecule has 1 fully saturated rings. The summed E-state index contributed by atoms with van der Waals surface area (Å²) in [6.45, 7) is -0.0618. The fourth-order valence-corrected chi connectivity index (χ4v) is 7.05. The first kappa shape index (κ1) is 31.3. The molecule has 3 heterocycles. The molecular formula is C33H26N6O6S2. The van der Waals surface area contributed by atoms with Gasteiger partial charge in [-0.1, -0.05) is 71.9 Å². The van der Waals surface area contributed by atoms with E-state index < -0.39 is 41.0 Å². The van der Waals surface area contributed by atoms with Gasteiger partial charge in [0.25, 0.3) is 11.8 Å². The fraction of sp³-hybridized carbons (Fsp3) is 0.152. The average Bonchev–Trinajstić information content (AvgIpc) is 3.54. The minimum atomic E-state index is -1.03. The van der Waals surface area contributed by atoms with E-state index in [1.54, 1.807) is 24.3 Å². The van der Waals surface area contributed by atoms with E-state index in [1.165, 1.54) is 22.0 Å². The van der Waals surface area contributed by atoms with Crippen molar-refractivity contribution in [1.29, 1.82) is 5.26 Å². The second kappa shape index (κ2) is 13.8. The van der Waals surface area contributed by atoms with Crippen LogP contribution in [0.4, 0.5) is 5.13 Å². The monoisotopic (exact) mass is 666 g/mol. The Morgan fingerprint density at radius 3 is 2.43 bits per heavy atom. The lowest BCUT2D eigenvalue weighted by atomic mass is 10.0. The molecule has 14 heteroatoms. The zero-order valence-electron chi connectivity index (χ0n) is 24.5. The molecule has 0 aliphatic carbocycles. The van der Waals surface area contributed by atoms with Crippen LogP contribution in [0.15, 0.2) is 107 Å². The number of nitrogens with zero attached hydrogens (tertiary/aromatic N) is 4. The van der Waals surface area contributed by atoms with Crippen molar-refractivity contribution < 1.29 is 29.1 Å². The maximum atomic E-state index is 14.1. The summed E-state index contributed by atoms with van der Waals surface area (Å²) in [4.78, 5) is 46.1. The minimum absolute atomic E-state index is 0.0147. The Hall–Kier alpha value is -5.65. The molecule has 3 aromatic carbocycles. The van der Waals surface area contributed by atoms with Gasteiger partial charge in [0.05, 0.1) is 11.6 Å². The van der Waals surface area contributed by atoms with E-state index >= 15 is 0 Å². The third-order valence-electron chi connectivity index (χ3n) is 7.41. The molecule has 1 aromatic heterocycles. The number of fused-ring (bicyclic) bond motifs is 1. The molecule has 236 valence electrons. The molecule has 0 radical (unpaired) electrons. The van der Waals surface area contributed by atoms with Gasteiger partial charge in [0.2, 0.25) is 0 Å². The molecule has 4 N–H and O–H groups in total. The number of aromatic nitrogens is 1. The van der Waals surface area contributed by atoms with Gasteiger partial charge in [0.15, 0.2) is 16.9 Å². The quantitative estimate of drug-likeness (QED) is 0.0740. The summed E-state index contributed by atoms with van der Waals surface area (Å²) in [6, 6.07) is 26.1. The number of anilines is 1. The molecule has 4 aromatic rings. The number of ether oxygens (including phenoxy) is 2. The number of thiazole rings is 1. The molecule has 47 heavy (non-hydrogen) atoms. The Bertz CT molecular complexity index is 1880. The van der Waals surface area contributed by atoms with Crippen molar-refractivity contribution in [2.24, 2.45) is 5.16 Å². The molecule has 2 atom stereocenters. The summed E-state index contributed by atoms with van der Waals surface area (Å²) in [5, 5.41) is 25.4. The van der Waals surface area contributed by atoms with E-state index in [-0.39, 0.29) is 28.9 Å². The number of thioether (sulfide) groups is 1. The first-order chi connectivity index (χ1) is 22.9. The number of nitrogens with one attached hydrogen (secondary N) is 1. The Morgan fingerprint density at radius 1 is 1.11 bits per heavy atom. The topological polar surface area (TPSA) is 180 Å². The minimum Gasteiger partial charge on any atom is -0.489 e. The van der Waals surface area contributed by atoms with Gasteiger partial charge in [-0.3, -0.25) is 14.5 Å². The fourth-order valence-electron chi connectivity index (χ4n) is 5.17. The summed E-state index contributed by atoms with van der Waals surface area (Å²) >= 11 is 2.39. The highest BCUT2D eigenvalue weighted by atomic mass is 32.2. The lowest BCUT2D eigenvalue weighted by molar-refractivity contribution is -0.154. The summed E-state index contributed by atoms with van der Waals surface area (Å²) in [5.74, 6) is -1.44. The van der Waals surface area contributed by atoms with Gasteiger partial charge in [-0.15, -0.1) is 23.1 Å². The van der Waals surface area contributed by atoms with E-state index in [2.05, 4.69) is 21.5 Å². The van der Waals surface area contributed by atoms with E-state index in [0.29, 0.717) is 16.9 Å². The van der Waals surface area contributed by atoms with Crippen LogP contribution < -0.4 is 15.8 Å². The zero-order chi connectivity index (χ0) is 32.9. The van der Waals surface area contributed by atoms with Gasteiger partial charge < -0.3 is 25.7 Å². The number of rotatable bonds is 10. The van der Waals surface area contributed by atoms with Crippen LogP contribution in [0, 0.1) is 11.3 Å². The molecule has 6 rings (SSSR count). The predicted octanol–water partition coefficient (Wildman–Crippen LogP) is 3.84. The van der Waals surface area contributed by atoms with Crippen LogP contribution in [0.25, 0.3) is 0 Å². The summed E-state index contributed by atoms with van der Waals surface area (Å²) in [6.07, 6.45) is -0.777. The highest BCUT2D eigenvalue weighted by molar-refractivity contribution is 8.00. The van der Waals surface area contributed by atoms with E-state index in [4.69, 9.17) is 15.2 Å². The van der Waals surface area contributed by atoms with Crippen LogP contribution in [0.1, 0.15) is 28.5 Å². The van der Waals surface area contributed by atoms with Gasteiger partial charge in [-0.05, 0) is 29.3 Å². The van der Waals surface area contributed by atoms with Crippen LogP contribution in [0.5, 0.6) is 5.75 Å². The summed E-state index contributed by atoms with van der Waals surface area (Å²) < 4.78 is 12.1. The van der Waals surface area contributed by atoms with Gasteiger partial charge in [-0.2, -0.15) is 5.26 Å². The van der Waals surface area contributed by atoms with Crippen molar-refractivity contribution >= 4 is 51.7 Å². The average molecular weight is 667 g/mol. The number of oxime groups is 1. The highest BCUT2D eigenvalue weighted by Crippen LogP contribution is 2.42. The van der Waals surface area contributed by atoms with Crippen LogP contribution >= 0.6 is 23.1 Å². The molecule has 0 bridgehead atoms. The van der Waals surface area contributed by atoms with E-state index in [1.807, 2.05) is 60.7 Å². The number of carbonyl (C=O) groups excluding carboxylic acids is 3. The first-order valence-electron chi connectivity index (χ1n) is 14.2. The van der Waals surface area contributed by atoms with Crippen molar-refractivity contribution in [3.8, 4) is 11.8 Å². The Morgan fingerprint density at radius 2 is 1.81 bits per heavy atom. The highest BCUT2D eigenvalue weighted by Gasteiger charge is 2.55. The van der Waals surface area contributed by atoms with Gasteiger partial charge >= 0.3 is 5.97 Å². The number of hydrogen-bond donors (Lipinski definition) is 3. The molecule has 1 saturated heterocycles. The van der Waals surface area contributed by atoms with Gasteiger partial charge in [-0.25, -0.2) is 9.78 Å². The maximum Gasteiger partial charge on any atom is 0.356 e. The number of nitrogens with two attached hydrogens (primary N) is 1. The van der Waals surface area contributed by atoms with Crippen LogP contribution in [-0.4, -0.2) is 62.4 Å². The molecule has 2 aliphatic rings. The maximum absolute atomic E-state index is 14.1. The second-order valence-electron chi connectivity index (χ2n) is 10.4. The van der Waals surface area contributed by atoms with Crippen molar-refractivity contribution in [3.63, 3.8) is 0 Å². The van der Waals surface area contributed by atoms with Crippen LogP contribution in [-0.2, 0) is 19.1 Å². The Balaban J connectivity index is 1.29. The third kappa shape index (κ3) is 6.53. The smallest absolute Gasteiger partial charge is 0.356 e. The summed E-state index contributed by atoms with van der Waals surface area (Å²) in [5.41, 5.74) is 7.71.